The molecular weight excluding hydrogens is 451 g/mol. The van der Waals surface area contributed by atoms with Crippen LogP contribution in [0.1, 0.15) is 50.0 Å². The lowest BCUT2D eigenvalue weighted by atomic mass is 9.77. The molecule has 30 heavy (non-hydrogen) atoms. The summed E-state index contributed by atoms with van der Waals surface area (Å²) in [6.07, 6.45) is 0.929. The second-order valence-corrected chi connectivity index (χ2v) is 8.78. The molecule has 1 aromatic heterocycles. The molecule has 0 aliphatic heterocycles. The van der Waals surface area contributed by atoms with Crippen molar-refractivity contribution in [2.75, 3.05) is 13.2 Å². The molecule has 2 rings (SSSR count). The second kappa shape index (κ2) is 9.33. The predicted octanol–water partition coefficient (Wildman–Crippen LogP) is 3.60. The fourth-order valence-corrected chi connectivity index (χ4v) is 3.83. The van der Waals surface area contributed by atoms with Crippen LogP contribution in [-0.2, 0) is 23.8 Å². The van der Waals surface area contributed by atoms with Crippen LogP contribution in [0.3, 0.4) is 0 Å². The molecule has 0 saturated heterocycles. The van der Waals surface area contributed by atoms with Crippen LogP contribution >= 0.6 is 11.3 Å². The maximum absolute atomic E-state index is 12.5. The van der Waals surface area contributed by atoms with Gasteiger partial charge < -0.3 is 13.7 Å². The van der Waals surface area contributed by atoms with E-state index in [-0.39, 0.29) is 55.6 Å². The van der Waals surface area contributed by atoms with Crippen LogP contribution in [0, 0.1) is 5.41 Å². The van der Waals surface area contributed by atoms with Crippen LogP contribution in [0.5, 0.6) is 5.19 Å². The fourth-order valence-electron chi connectivity index (χ4n) is 2.63. The number of thiazole rings is 1. The summed E-state index contributed by atoms with van der Waals surface area (Å²) in [6.45, 7) is 3.14. The second-order valence-electron chi connectivity index (χ2n) is 6.42. The highest BCUT2D eigenvalue weighted by Gasteiger charge is 2.50. The summed E-state index contributed by atoms with van der Waals surface area (Å²) in [5.41, 5.74) is -6.57. The van der Waals surface area contributed by atoms with Crippen LogP contribution < -0.4 is 4.74 Å². The first-order valence-electron chi connectivity index (χ1n) is 8.92. The Morgan fingerprint density at radius 3 is 2.53 bits per heavy atom. The Morgan fingerprint density at radius 1 is 1.30 bits per heavy atom. The van der Waals surface area contributed by atoms with Crippen molar-refractivity contribution in [1.29, 1.82) is 0 Å². The van der Waals surface area contributed by atoms with E-state index in [2.05, 4.69) is 9.17 Å². The molecule has 0 fully saturated rings. The largest absolute Gasteiger partial charge is 0.534 e. The topological polar surface area (TPSA) is 109 Å². The highest BCUT2D eigenvalue weighted by atomic mass is 32.2. The normalized spacial score (nSPS) is 19.7. The lowest BCUT2D eigenvalue weighted by Gasteiger charge is -2.33. The fraction of sp³-hybridized carbons (Fsp3) is 0.588. The Bertz CT molecular complexity index is 924. The van der Waals surface area contributed by atoms with Gasteiger partial charge in [-0.1, -0.05) is 18.3 Å². The Hall–Kier alpha value is -2.15. The monoisotopic (exact) mass is 471 g/mol. The summed E-state index contributed by atoms with van der Waals surface area (Å²) in [4.78, 5) is 28.2. The first-order valence-corrected chi connectivity index (χ1v) is 11.2. The minimum Gasteiger partial charge on any atom is -0.469 e. The van der Waals surface area contributed by atoms with Gasteiger partial charge in [-0.25, -0.2) is 0 Å². The molecule has 1 heterocycles. The number of alkyl halides is 3. The molecule has 0 radical (unpaired) electrons. The van der Waals surface area contributed by atoms with Gasteiger partial charge in [0.1, 0.15) is 23.5 Å². The number of nitrogens with zero attached hydrogens (tertiary/aromatic N) is 1. The summed E-state index contributed by atoms with van der Waals surface area (Å²) >= 11 is 1.07. The van der Waals surface area contributed by atoms with Gasteiger partial charge in [0.25, 0.3) is 5.19 Å². The van der Waals surface area contributed by atoms with Gasteiger partial charge in [0, 0.05) is 18.2 Å². The van der Waals surface area contributed by atoms with Crippen LogP contribution in [0.2, 0.25) is 0 Å². The number of Topliss-reactive ketones (excluding diaryl/α,β-unsaturated/α-hetero) is 1. The van der Waals surface area contributed by atoms with Crippen molar-refractivity contribution >= 4 is 33.2 Å². The van der Waals surface area contributed by atoms with Crippen molar-refractivity contribution < 1.29 is 44.8 Å². The minimum absolute atomic E-state index is 0.0584. The maximum Gasteiger partial charge on any atom is 0.534 e. The summed E-state index contributed by atoms with van der Waals surface area (Å²) in [6, 6.07) is 0. The van der Waals surface area contributed by atoms with E-state index in [4.69, 9.17) is 9.47 Å². The van der Waals surface area contributed by atoms with E-state index < -0.39 is 32.8 Å². The summed E-state index contributed by atoms with van der Waals surface area (Å²) in [5.74, 6) is -1.22. The van der Waals surface area contributed by atoms with Gasteiger partial charge in [-0.2, -0.15) is 26.6 Å². The van der Waals surface area contributed by atoms with Gasteiger partial charge in [0.05, 0.1) is 6.61 Å². The molecule has 0 saturated carbocycles. The molecule has 13 heteroatoms. The zero-order chi connectivity index (χ0) is 22.6. The molecular formula is C17H20F3NO7S2. The summed E-state index contributed by atoms with van der Waals surface area (Å²) in [7, 11) is -5.78. The molecule has 8 nitrogen and oxygen atoms in total. The highest BCUT2D eigenvalue weighted by molar-refractivity contribution is 7.87. The average Bonchev–Trinajstić information content (AvgIpc) is 3.15. The number of esters is 1. The van der Waals surface area contributed by atoms with Gasteiger partial charge >= 0.3 is 21.6 Å². The number of carbonyl (C=O) groups is 2. The molecule has 0 spiro atoms. The van der Waals surface area contributed by atoms with Gasteiger partial charge in [-0.05, 0) is 25.8 Å². The number of allylic oxidation sites excluding steroid dienone is 2. The van der Waals surface area contributed by atoms with E-state index in [0.29, 0.717) is 0 Å². The molecule has 1 unspecified atom stereocenters. The van der Waals surface area contributed by atoms with Crippen molar-refractivity contribution in [3.63, 3.8) is 0 Å². The number of halogens is 3. The third-order valence-corrected chi connectivity index (χ3v) is 6.09. The Labute approximate surface area is 175 Å². The number of carbonyl (C=O) groups excluding carboxylic acids is 2. The Kier molecular flexibility index (Phi) is 7.50. The van der Waals surface area contributed by atoms with Gasteiger partial charge in [0.2, 0.25) is 0 Å². The van der Waals surface area contributed by atoms with Crippen molar-refractivity contribution in [3.05, 3.63) is 22.9 Å². The molecule has 0 aromatic carbocycles. The van der Waals surface area contributed by atoms with Crippen molar-refractivity contribution in [3.8, 4) is 5.19 Å². The van der Waals surface area contributed by atoms with E-state index in [1.165, 1.54) is 5.38 Å². The van der Waals surface area contributed by atoms with E-state index in [1.807, 2.05) is 0 Å². The van der Waals surface area contributed by atoms with Crippen LogP contribution in [0.25, 0.3) is 0 Å². The zero-order valence-electron chi connectivity index (χ0n) is 16.2. The number of hydrogen-bond donors (Lipinski definition) is 0. The van der Waals surface area contributed by atoms with Crippen molar-refractivity contribution in [2.45, 2.75) is 45.0 Å². The number of hydrogen-bond acceptors (Lipinski definition) is 9. The number of aromatic nitrogens is 1. The molecule has 1 aliphatic carbocycles. The Balaban J connectivity index is 2.15. The number of ketones is 1. The lowest BCUT2D eigenvalue weighted by Crippen LogP contribution is -2.40. The Morgan fingerprint density at radius 2 is 2.00 bits per heavy atom. The van der Waals surface area contributed by atoms with E-state index in [1.54, 1.807) is 13.8 Å². The molecule has 168 valence electrons. The standard InChI is InChI=1S/C17H20F3NO7S2/c1-3-13(22)12-9-29-15(21-12)27-10-16(14(23)26-4-2)7-5-11(6-8-16)28-30(24,25)17(18,19)20/h5,9H,3-4,6-8,10H2,1-2H3. The quantitative estimate of drug-likeness (QED) is 0.233. The summed E-state index contributed by atoms with van der Waals surface area (Å²) < 4.78 is 74.6. The third-order valence-electron chi connectivity index (χ3n) is 4.34. The highest BCUT2D eigenvalue weighted by Crippen LogP contribution is 2.39. The van der Waals surface area contributed by atoms with Gasteiger partial charge in [-0.3, -0.25) is 9.59 Å². The van der Waals surface area contributed by atoms with E-state index in [9.17, 15) is 31.2 Å². The zero-order valence-corrected chi connectivity index (χ0v) is 17.8. The maximum atomic E-state index is 12.5. The number of ether oxygens (including phenoxy) is 2. The first kappa shape index (κ1) is 24.1. The van der Waals surface area contributed by atoms with Crippen molar-refractivity contribution in [2.24, 2.45) is 5.41 Å². The molecule has 1 atom stereocenters. The SMILES string of the molecule is CCOC(=O)C1(COc2nc(C(=O)CC)cs2)CC=C(OS(=O)(=O)C(F)(F)F)CC1. The molecule has 1 aromatic rings. The third kappa shape index (κ3) is 5.50. The molecule has 1 aliphatic rings. The van der Waals surface area contributed by atoms with E-state index in [0.717, 1.165) is 17.4 Å². The summed E-state index contributed by atoms with van der Waals surface area (Å²) in [5, 5.41) is 1.67. The first-order chi connectivity index (χ1) is 13.9. The van der Waals surface area contributed by atoms with Crippen LogP contribution in [0.15, 0.2) is 17.2 Å². The van der Waals surface area contributed by atoms with E-state index >= 15 is 0 Å². The van der Waals surface area contributed by atoms with Crippen LogP contribution in [0.4, 0.5) is 13.2 Å². The lowest BCUT2D eigenvalue weighted by molar-refractivity contribution is -0.158. The average molecular weight is 471 g/mol. The minimum atomic E-state index is -5.78. The number of rotatable bonds is 9. The van der Waals surface area contributed by atoms with Crippen molar-refractivity contribution in [1.82, 2.24) is 4.98 Å². The molecule has 0 N–H and O–H groups in total. The molecule has 0 bridgehead atoms. The van der Waals surface area contributed by atoms with Crippen LogP contribution in [-0.4, -0.2) is 43.9 Å². The smallest absolute Gasteiger partial charge is 0.469 e. The molecule has 0 amide bonds. The van der Waals surface area contributed by atoms with Gasteiger partial charge in [0.15, 0.2) is 5.78 Å². The predicted molar refractivity (Wildman–Crippen MR) is 99.3 cm³/mol. The van der Waals surface area contributed by atoms with Gasteiger partial charge in [-0.15, -0.1) is 0 Å².